The summed E-state index contributed by atoms with van der Waals surface area (Å²) in [7, 11) is 1.87. The minimum absolute atomic E-state index is 0.234. The number of nitrogens with one attached hydrogen (secondary N) is 1. The number of nitrogens with zero attached hydrogens (tertiary/aromatic N) is 3. The van der Waals surface area contributed by atoms with Crippen LogP contribution in [0.1, 0.15) is 16.1 Å². The summed E-state index contributed by atoms with van der Waals surface area (Å²) < 4.78 is 17.2. The topological polar surface area (TPSA) is 51.9 Å². The molecule has 0 bridgehead atoms. The normalized spacial score (nSPS) is 11.1. The Bertz CT molecular complexity index is 1400. The van der Waals surface area contributed by atoms with Crippen LogP contribution in [0.25, 0.3) is 22.2 Å². The number of halogens is 1. The Morgan fingerprint density at radius 2 is 1.69 bits per heavy atom. The third-order valence-electron chi connectivity index (χ3n) is 5.57. The highest BCUT2D eigenvalue weighted by Crippen LogP contribution is 2.29. The third-order valence-corrected chi connectivity index (χ3v) is 5.57. The van der Waals surface area contributed by atoms with Crippen LogP contribution in [0.5, 0.6) is 0 Å². The Morgan fingerprint density at radius 3 is 2.44 bits per heavy atom. The van der Waals surface area contributed by atoms with Crippen molar-refractivity contribution in [1.82, 2.24) is 14.1 Å². The minimum Gasteiger partial charge on any atom is -0.340 e. The van der Waals surface area contributed by atoms with E-state index in [9.17, 15) is 9.18 Å². The van der Waals surface area contributed by atoms with E-state index in [-0.39, 0.29) is 11.7 Å². The number of imidazole rings is 1. The molecule has 0 aliphatic carbocycles. The number of fused-ring (bicyclic) bond motifs is 1. The Hall–Kier alpha value is -4.19. The molecule has 0 spiro atoms. The first kappa shape index (κ1) is 19.8. The van der Waals surface area contributed by atoms with E-state index in [0.29, 0.717) is 23.8 Å². The number of rotatable bonds is 5. The van der Waals surface area contributed by atoms with Crippen molar-refractivity contribution >= 4 is 22.6 Å². The molecule has 6 heteroatoms. The molecule has 0 saturated heterocycles. The number of anilines is 1. The molecule has 0 saturated carbocycles. The van der Waals surface area contributed by atoms with Gasteiger partial charge in [0.15, 0.2) is 0 Å². The summed E-state index contributed by atoms with van der Waals surface area (Å²) in [4.78, 5) is 17.9. The lowest BCUT2D eigenvalue weighted by atomic mass is 10.1. The van der Waals surface area contributed by atoms with Crippen LogP contribution in [-0.2, 0) is 13.6 Å². The van der Waals surface area contributed by atoms with Gasteiger partial charge < -0.3 is 14.5 Å². The van der Waals surface area contributed by atoms with Crippen LogP contribution in [0.4, 0.5) is 10.2 Å². The molecule has 2 heterocycles. The number of carbonyl (C=O) groups excluding carboxylic acids is 1. The summed E-state index contributed by atoms with van der Waals surface area (Å²) in [5.41, 5.74) is 3.92. The van der Waals surface area contributed by atoms with Crippen molar-refractivity contribution < 1.29 is 9.18 Å². The molecule has 0 radical (unpaired) electrons. The molecule has 5 rings (SSSR count). The van der Waals surface area contributed by atoms with Gasteiger partial charge in [-0.1, -0.05) is 48.5 Å². The second kappa shape index (κ2) is 8.15. The van der Waals surface area contributed by atoms with Gasteiger partial charge in [0.05, 0.1) is 12.9 Å². The summed E-state index contributed by atoms with van der Waals surface area (Å²) >= 11 is 0. The number of carbonyl (C=O) groups is 1. The molecule has 5 nitrogen and oxygen atoms in total. The van der Waals surface area contributed by atoms with Crippen LogP contribution in [0.2, 0.25) is 0 Å². The van der Waals surface area contributed by atoms with E-state index < -0.39 is 0 Å². The van der Waals surface area contributed by atoms with Crippen LogP contribution in [-0.4, -0.2) is 20.0 Å². The summed E-state index contributed by atoms with van der Waals surface area (Å²) in [6.45, 7) is 0.541. The first-order valence-electron chi connectivity index (χ1n) is 10.3. The van der Waals surface area contributed by atoms with E-state index in [1.54, 1.807) is 18.5 Å². The molecule has 32 heavy (non-hydrogen) atoms. The molecular weight excluding hydrogens is 403 g/mol. The molecule has 0 aliphatic heterocycles. The largest absolute Gasteiger partial charge is 0.340 e. The first-order valence-corrected chi connectivity index (χ1v) is 10.3. The highest BCUT2D eigenvalue weighted by molar-refractivity contribution is 6.07. The van der Waals surface area contributed by atoms with Crippen molar-refractivity contribution in [2.75, 3.05) is 5.32 Å². The van der Waals surface area contributed by atoms with Crippen molar-refractivity contribution in [3.63, 3.8) is 0 Å². The van der Waals surface area contributed by atoms with E-state index in [2.05, 4.69) is 10.3 Å². The highest BCUT2D eigenvalue weighted by atomic mass is 19.1. The Labute approximate surface area is 184 Å². The molecule has 5 aromatic rings. The highest BCUT2D eigenvalue weighted by Gasteiger charge is 2.19. The van der Waals surface area contributed by atoms with Crippen LogP contribution in [0.3, 0.4) is 0 Å². The fourth-order valence-electron chi connectivity index (χ4n) is 3.91. The lowest BCUT2D eigenvalue weighted by Crippen LogP contribution is -2.18. The lowest BCUT2D eigenvalue weighted by Gasteiger charge is -2.12. The SMILES string of the molecule is Cn1c(C(=O)Nc2c(-c3ccc(F)cc3)ncn2Cc2ccccc2)cc2ccccc21. The maximum atomic E-state index is 13.5. The number of hydrogen-bond donors (Lipinski definition) is 1. The molecule has 2 aromatic heterocycles. The maximum absolute atomic E-state index is 13.5. The maximum Gasteiger partial charge on any atom is 0.273 e. The Morgan fingerprint density at radius 1 is 0.969 bits per heavy atom. The second-order valence-corrected chi connectivity index (χ2v) is 7.66. The van der Waals surface area contributed by atoms with Gasteiger partial charge in [-0.3, -0.25) is 4.79 Å². The smallest absolute Gasteiger partial charge is 0.273 e. The van der Waals surface area contributed by atoms with Gasteiger partial charge in [0, 0.05) is 23.5 Å². The van der Waals surface area contributed by atoms with Crippen molar-refractivity contribution in [3.05, 3.63) is 108 Å². The van der Waals surface area contributed by atoms with Crippen molar-refractivity contribution in [2.45, 2.75) is 6.54 Å². The summed E-state index contributed by atoms with van der Waals surface area (Å²) in [6, 6.07) is 25.8. The molecule has 1 amide bonds. The Balaban J connectivity index is 1.55. The van der Waals surface area contributed by atoms with Gasteiger partial charge in [0.2, 0.25) is 0 Å². The van der Waals surface area contributed by atoms with Gasteiger partial charge >= 0.3 is 0 Å². The van der Waals surface area contributed by atoms with Gasteiger partial charge in [-0.05, 0) is 42.0 Å². The number of benzene rings is 3. The van der Waals surface area contributed by atoms with Crippen molar-refractivity contribution in [2.24, 2.45) is 7.05 Å². The molecule has 3 aromatic carbocycles. The quantitative estimate of drug-likeness (QED) is 0.406. The number of aromatic nitrogens is 3. The molecule has 0 aliphatic rings. The molecule has 0 atom stereocenters. The zero-order valence-electron chi connectivity index (χ0n) is 17.5. The summed E-state index contributed by atoms with van der Waals surface area (Å²) in [5, 5.41) is 4.05. The molecule has 0 fully saturated rings. The predicted molar refractivity (Wildman–Crippen MR) is 124 cm³/mol. The standard InChI is InChI=1S/C26H21FN4O/c1-30-22-10-6-5-9-20(22)15-23(30)26(32)29-25-24(19-11-13-21(27)14-12-19)28-17-31(25)16-18-7-3-2-4-8-18/h2-15,17H,16H2,1H3,(H,29,32). The van der Waals surface area contributed by atoms with Gasteiger partial charge in [-0.2, -0.15) is 0 Å². The van der Waals surface area contributed by atoms with Gasteiger partial charge in [0.1, 0.15) is 23.0 Å². The van der Waals surface area contributed by atoms with Crippen LogP contribution in [0.15, 0.2) is 91.3 Å². The minimum atomic E-state index is -0.321. The van der Waals surface area contributed by atoms with Crippen LogP contribution in [0, 0.1) is 5.82 Å². The van der Waals surface area contributed by atoms with Crippen LogP contribution < -0.4 is 5.32 Å². The second-order valence-electron chi connectivity index (χ2n) is 7.66. The number of hydrogen-bond acceptors (Lipinski definition) is 2. The zero-order valence-corrected chi connectivity index (χ0v) is 17.5. The van der Waals surface area contributed by atoms with Crippen LogP contribution >= 0.6 is 0 Å². The average molecular weight is 424 g/mol. The zero-order chi connectivity index (χ0) is 22.1. The van der Waals surface area contributed by atoms with Crippen molar-refractivity contribution in [1.29, 1.82) is 0 Å². The van der Waals surface area contributed by atoms with Gasteiger partial charge in [-0.25, -0.2) is 9.37 Å². The number of para-hydroxylation sites is 1. The number of aryl methyl sites for hydroxylation is 1. The van der Waals surface area contributed by atoms with E-state index in [0.717, 1.165) is 22.0 Å². The molecular formula is C26H21FN4O. The van der Waals surface area contributed by atoms with E-state index in [1.165, 1.54) is 12.1 Å². The van der Waals surface area contributed by atoms with E-state index in [4.69, 9.17) is 0 Å². The van der Waals surface area contributed by atoms with Gasteiger partial charge in [-0.15, -0.1) is 0 Å². The molecule has 0 unspecified atom stereocenters. The molecule has 1 N–H and O–H groups in total. The summed E-state index contributed by atoms with van der Waals surface area (Å²) in [5.74, 6) is 0.0103. The summed E-state index contributed by atoms with van der Waals surface area (Å²) in [6.07, 6.45) is 1.70. The fourth-order valence-corrected chi connectivity index (χ4v) is 3.91. The number of amides is 1. The van der Waals surface area contributed by atoms with E-state index >= 15 is 0 Å². The average Bonchev–Trinajstić information content (AvgIpc) is 3.36. The first-order chi connectivity index (χ1) is 15.6. The fraction of sp³-hybridized carbons (Fsp3) is 0.0769. The lowest BCUT2D eigenvalue weighted by molar-refractivity contribution is 0.101. The van der Waals surface area contributed by atoms with E-state index in [1.807, 2.05) is 76.8 Å². The predicted octanol–water partition coefficient (Wildman–Crippen LogP) is 5.48. The van der Waals surface area contributed by atoms with Gasteiger partial charge in [0.25, 0.3) is 5.91 Å². The Kier molecular flexibility index (Phi) is 5.03. The third kappa shape index (κ3) is 3.67. The molecule has 158 valence electrons. The monoisotopic (exact) mass is 424 g/mol. The van der Waals surface area contributed by atoms with Crippen molar-refractivity contribution in [3.8, 4) is 11.3 Å².